The second-order valence-electron chi connectivity index (χ2n) is 21.9. The van der Waals surface area contributed by atoms with Crippen LogP contribution in [0.1, 0.15) is 108 Å². The van der Waals surface area contributed by atoms with Gasteiger partial charge in [-0.2, -0.15) is 0 Å². The van der Waals surface area contributed by atoms with Gasteiger partial charge >= 0.3 is 0 Å². The summed E-state index contributed by atoms with van der Waals surface area (Å²) in [5.41, 5.74) is 13.6. The molecule has 0 bridgehead atoms. The fourth-order valence-electron chi connectivity index (χ4n) is 9.87. The highest BCUT2D eigenvalue weighted by molar-refractivity contribution is 6.09. The van der Waals surface area contributed by atoms with Gasteiger partial charge in [0.2, 0.25) is 0 Å². The van der Waals surface area contributed by atoms with Crippen molar-refractivity contribution in [1.82, 2.24) is 9.55 Å². The van der Waals surface area contributed by atoms with E-state index in [-0.39, 0.29) is 21.7 Å². The first kappa shape index (κ1) is 45.4. The van der Waals surface area contributed by atoms with Gasteiger partial charge in [0.05, 0.1) is 23.4 Å². The van der Waals surface area contributed by atoms with Crippen molar-refractivity contribution in [3.05, 3.63) is 233 Å². The lowest BCUT2D eigenvalue weighted by Crippen LogP contribution is -2.28. The number of ether oxygens (including phenoxy) is 1. The van der Waals surface area contributed by atoms with Crippen molar-refractivity contribution in [3.8, 4) is 17.3 Å². The summed E-state index contributed by atoms with van der Waals surface area (Å²) in [6, 6.07) is 65.8. The average Bonchev–Trinajstić information content (AvgIpc) is 3.94. The van der Waals surface area contributed by atoms with Crippen LogP contribution in [0.5, 0.6) is 11.5 Å². The molecule has 9 aromatic rings. The van der Waals surface area contributed by atoms with E-state index in [4.69, 9.17) is 9.72 Å². The van der Waals surface area contributed by atoms with Gasteiger partial charge in [0.25, 0.3) is 0 Å². The van der Waals surface area contributed by atoms with Gasteiger partial charge in [-0.15, -0.1) is 0 Å². The number of hydrogen-bond donors (Lipinski definition) is 0. The summed E-state index contributed by atoms with van der Waals surface area (Å²) < 4.78 is 9.31. The van der Waals surface area contributed by atoms with Crippen LogP contribution in [0.15, 0.2) is 194 Å². The summed E-state index contributed by atoms with van der Waals surface area (Å²) in [4.78, 5) is 9.87. The van der Waals surface area contributed by atoms with Crippen LogP contribution < -0.4 is 14.5 Å². The molecular weight excluding hydrogens is 841 g/mol. The predicted octanol–water partition coefficient (Wildman–Crippen LogP) is 16.5. The third kappa shape index (κ3) is 8.72. The van der Waals surface area contributed by atoms with Crippen molar-refractivity contribution in [3.63, 3.8) is 0 Å². The van der Waals surface area contributed by atoms with Crippen molar-refractivity contribution in [2.45, 2.75) is 90.9 Å². The van der Waals surface area contributed by atoms with Gasteiger partial charge in [0.15, 0.2) is 0 Å². The number of fused-ring (bicyclic) bond motifs is 3. The number of para-hydroxylation sites is 1. The van der Waals surface area contributed by atoms with Gasteiger partial charge in [-0.25, -0.2) is 4.98 Å². The first-order valence-electron chi connectivity index (χ1n) is 24.4. The lowest BCUT2D eigenvalue weighted by molar-refractivity contribution is 0.479. The van der Waals surface area contributed by atoms with Crippen molar-refractivity contribution in [2.75, 3.05) is 16.5 Å². The average molecular weight is 905 g/mol. The van der Waals surface area contributed by atoms with Crippen LogP contribution in [-0.4, -0.2) is 16.2 Å². The fourth-order valence-corrected chi connectivity index (χ4v) is 9.87. The maximum Gasteiger partial charge on any atom is 0.137 e. The molecule has 0 spiro atoms. The topological polar surface area (TPSA) is 33.5 Å². The Hall–Kier alpha value is -7.37. The molecule has 10 rings (SSSR count). The highest BCUT2D eigenvalue weighted by Crippen LogP contribution is 2.43. The number of hydrogen-bond acceptors (Lipinski definition) is 4. The SMILES string of the molecule is CC(C)(C)c1cc(Oc2ccc3c4ccccc4n(-c4cc(C(C)(C)c5ccccc5)ccn4)c3c2)cc(N2C=C(c3ccccc3)N(c3cc(C(C)(C)C)cc(C(C)(C)c4ccccc4)c3)C2)c1. The highest BCUT2D eigenvalue weighted by atomic mass is 16.5. The molecule has 3 heterocycles. The molecule has 0 saturated heterocycles. The van der Waals surface area contributed by atoms with Crippen LogP contribution in [-0.2, 0) is 21.7 Å². The zero-order valence-electron chi connectivity index (χ0n) is 41.9. The zero-order chi connectivity index (χ0) is 48.3. The van der Waals surface area contributed by atoms with Crippen molar-refractivity contribution in [1.29, 1.82) is 0 Å². The van der Waals surface area contributed by atoms with Crippen molar-refractivity contribution >= 4 is 38.9 Å². The van der Waals surface area contributed by atoms with E-state index in [0.29, 0.717) is 6.67 Å². The van der Waals surface area contributed by atoms with Gasteiger partial charge in [-0.05, 0) is 104 Å². The summed E-state index contributed by atoms with van der Waals surface area (Å²) in [5.74, 6) is 2.43. The quantitative estimate of drug-likeness (QED) is 0.137. The normalized spacial score (nSPS) is 13.6. The fraction of sp³-hybridized carbons (Fsp3) is 0.234. The Kier molecular flexibility index (Phi) is 11.4. The lowest BCUT2D eigenvalue weighted by atomic mass is 9.75. The predicted molar refractivity (Wildman–Crippen MR) is 290 cm³/mol. The summed E-state index contributed by atoms with van der Waals surface area (Å²) in [5, 5.41) is 2.33. The van der Waals surface area contributed by atoms with E-state index in [1.807, 2.05) is 6.20 Å². The Morgan fingerprint density at radius 3 is 1.67 bits per heavy atom. The Morgan fingerprint density at radius 1 is 0.435 bits per heavy atom. The van der Waals surface area contributed by atoms with Crippen LogP contribution >= 0.6 is 0 Å². The molecule has 0 radical (unpaired) electrons. The maximum absolute atomic E-state index is 7.02. The summed E-state index contributed by atoms with van der Waals surface area (Å²) in [6.07, 6.45) is 4.26. The molecule has 0 saturated carbocycles. The zero-order valence-corrected chi connectivity index (χ0v) is 41.9. The standard InChI is InChI=1S/C64H64N4O/c1-61(2,3)48-34-50(64(9,10)46-26-18-13-19-27-46)37-52(36-48)67-43-66(42-59(67)44-22-14-11-15-23-44)51-35-49(62(4,5)6)38-54(40-51)69-53-30-31-56-55-28-20-21-29-57(55)68(58(56)41-53)60-39-47(32-33-65-60)63(7,8)45-24-16-12-17-25-45/h11-42H,43H2,1-10H3. The van der Waals surface area contributed by atoms with Crippen molar-refractivity contribution < 1.29 is 4.74 Å². The summed E-state index contributed by atoms with van der Waals surface area (Å²) in [6.45, 7) is 23.7. The van der Waals surface area contributed by atoms with E-state index in [1.54, 1.807) is 0 Å². The largest absolute Gasteiger partial charge is 0.457 e. The Morgan fingerprint density at radius 2 is 1.00 bits per heavy atom. The maximum atomic E-state index is 7.02. The lowest BCUT2D eigenvalue weighted by Gasteiger charge is -2.32. The molecule has 0 unspecified atom stereocenters. The molecule has 1 aliphatic heterocycles. The molecule has 2 aromatic heterocycles. The first-order valence-corrected chi connectivity index (χ1v) is 24.4. The van der Waals surface area contributed by atoms with Gasteiger partial charge in [-0.1, -0.05) is 184 Å². The Balaban J connectivity index is 1.05. The van der Waals surface area contributed by atoms with E-state index in [9.17, 15) is 0 Å². The van der Waals surface area contributed by atoms with Gasteiger partial charge in [-0.3, -0.25) is 4.57 Å². The number of nitrogens with zero attached hydrogens (tertiary/aromatic N) is 4. The molecule has 5 nitrogen and oxygen atoms in total. The monoisotopic (exact) mass is 905 g/mol. The smallest absolute Gasteiger partial charge is 0.137 e. The molecule has 5 heteroatoms. The molecule has 1 aliphatic rings. The number of benzene rings is 7. The minimum Gasteiger partial charge on any atom is -0.457 e. The van der Waals surface area contributed by atoms with E-state index < -0.39 is 0 Å². The number of pyridine rings is 1. The van der Waals surface area contributed by atoms with Crippen molar-refractivity contribution in [2.24, 2.45) is 0 Å². The molecule has 0 N–H and O–H groups in total. The Bertz CT molecular complexity index is 3350. The molecule has 0 aliphatic carbocycles. The highest BCUT2D eigenvalue weighted by Gasteiger charge is 2.31. The van der Waals surface area contributed by atoms with Gasteiger partial charge < -0.3 is 14.5 Å². The molecular formula is C64H64N4O. The molecule has 69 heavy (non-hydrogen) atoms. The second kappa shape index (κ2) is 17.3. The van der Waals surface area contributed by atoms with E-state index in [2.05, 4.69) is 272 Å². The number of anilines is 2. The third-order valence-corrected chi connectivity index (χ3v) is 14.4. The molecule has 0 amide bonds. The molecule has 7 aromatic carbocycles. The molecule has 0 atom stereocenters. The number of aromatic nitrogens is 2. The van der Waals surface area contributed by atoms with E-state index in [0.717, 1.165) is 45.1 Å². The van der Waals surface area contributed by atoms with Crippen LogP contribution in [0.4, 0.5) is 11.4 Å². The van der Waals surface area contributed by atoms with Crippen LogP contribution in [0.25, 0.3) is 33.3 Å². The molecule has 0 fully saturated rings. The van der Waals surface area contributed by atoms with Crippen LogP contribution in [0.2, 0.25) is 0 Å². The van der Waals surface area contributed by atoms with Gasteiger partial charge in [0.1, 0.15) is 17.3 Å². The van der Waals surface area contributed by atoms with Gasteiger partial charge in [0, 0.05) is 57.5 Å². The second-order valence-corrected chi connectivity index (χ2v) is 21.9. The summed E-state index contributed by atoms with van der Waals surface area (Å²) in [7, 11) is 0. The minimum absolute atomic E-state index is 0.0575. The minimum atomic E-state index is -0.218. The molecule has 346 valence electrons. The van der Waals surface area contributed by atoms with Crippen LogP contribution in [0, 0.1) is 0 Å². The Labute approximate surface area is 409 Å². The van der Waals surface area contributed by atoms with Crippen LogP contribution in [0.3, 0.4) is 0 Å². The van der Waals surface area contributed by atoms with E-state index >= 15 is 0 Å². The van der Waals surface area contributed by atoms with E-state index in [1.165, 1.54) is 50.0 Å². The first-order chi connectivity index (χ1) is 32.9. The summed E-state index contributed by atoms with van der Waals surface area (Å²) >= 11 is 0. The third-order valence-electron chi connectivity index (χ3n) is 14.4. The number of rotatable bonds is 10.